The van der Waals surface area contributed by atoms with Crippen LogP contribution in [0.3, 0.4) is 0 Å². The first-order valence-corrected chi connectivity index (χ1v) is 14.8. The molecular weight excluding hydrogens is 548 g/mol. The van der Waals surface area contributed by atoms with E-state index in [1.807, 2.05) is 12.1 Å². The van der Waals surface area contributed by atoms with Crippen LogP contribution in [0.4, 0.5) is 10.5 Å². The Labute approximate surface area is 251 Å². The van der Waals surface area contributed by atoms with Crippen LogP contribution in [0.5, 0.6) is 11.5 Å². The lowest BCUT2D eigenvalue weighted by Crippen LogP contribution is -2.28. The molecule has 2 aromatic carbocycles. The molecule has 0 saturated carbocycles. The van der Waals surface area contributed by atoms with Crippen molar-refractivity contribution < 1.29 is 24.9 Å². The van der Waals surface area contributed by atoms with Gasteiger partial charge in [0.2, 0.25) is 5.56 Å². The number of nitrogens with zero attached hydrogens (tertiary/aromatic N) is 2. The first-order valence-electron chi connectivity index (χ1n) is 14.8. The normalized spacial score (nSPS) is 11.8. The molecule has 4 rings (SSSR count). The van der Waals surface area contributed by atoms with Crippen molar-refractivity contribution in [2.75, 3.05) is 24.6 Å². The number of ether oxygens (including phenoxy) is 1. The van der Waals surface area contributed by atoms with Crippen LogP contribution in [-0.4, -0.2) is 51.1 Å². The Bertz CT molecular complexity index is 1510. The van der Waals surface area contributed by atoms with Crippen LogP contribution in [0.15, 0.2) is 77.7 Å². The minimum atomic E-state index is -1.04. The van der Waals surface area contributed by atoms with E-state index in [0.717, 1.165) is 51.5 Å². The molecule has 0 radical (unpaired) electrons. The number of aliphatic hydroxyl groups is 1. The number of phenolic OH excluding ortho intramolecular Hbond substituents is 1. The van der Waals surface area contributed by atoms with Gasteiger partial charge in [0.15, 0.2) is 0 Å². The summed E-state index contributed by atoms with van der Waals surface area (Å²) in [4.78, 5) is 31.5. The second-order valence-corrected chi connectivity index (χ2v) is 10.5. The number of hydrogen-bond donors (Lipinski definition) is 5. The Morgan fingerprint density at radius 3 is 2.51 bits per heavy atom. The smallest absolute Gasteiger partial charge is 0.412 e. The Balaban J connectivity index is 1.06. The molecule has 228 valence electrons. The lowest BCUT2D eigenvalue weighted by atomic mass is 10.0. The van der Waals surface area contributed by atoms with Crippen molar-refractivity contribution in [1.82, 2.24) is 15.3 Å². The molecule has 2 aromatic heterocycles. The van der Waals surface area contributed by atoms with Crippen LogP contribution in [0.25, 0.3) is 10.9 Å². The SMILES string of the molecule is O=C(O)N(Cc1ccccn1)c1cccc(OCCCCCCCCCNC[C@H](O)c2ccc(O)c3[nH]c(=O)ccc23)c1. The predicted molar refractivity (Wildman–Crippen MR) is 167 cm³/mol. The van der Waals surface area contributed by atoms with E-state index < -0.39 is 12.2 Å². The van der Waals surface area contributed by atoms with E-state index in [-0.39, 0.29) is 17.9 Å². The summed E-state index contributed by atoms with van der Waals surface area (Å²) in [5, 5.41) is 34.3. The second-order valence-electron chi connectivity index (χ2n) is 10.5. The summed E-state index contributed by atoms with van der Waals surface area (Å²) in [5.74, 6) is 0.632. The summed E-state index contributed by atoms with van der Waals surface area (Å²) < 4.78 is 5.89. The number of carboxylic acid groups (broad SMARTS) is 1. The lowest BCUT2D eigenvalue weighted by molar-refractivity contribution is 0.176. The number of pyridine rings is 2. The first kappa shape index (κ1) is 31.5. The van der Waals surface area contributed by atoms with Gasteiger partial charge in [0, 0.05) is 30.3 Å². The minimum Gasteiger partial charge on any atom is -0.506 e. The van der Waals surface area contributed by atoms with E-state index in [2.05, 4.69) is 15.3 Å². The van der Waals surface area contributed by atoms with Crippen molar-refractivity contribution in [3.63, 3.8) is 0 Å². The fraction of sp³-hybridized carbons (Fsp3) is 0.364. The number of aliphatic hydroxyl groups excluding tert-OH is 1. The number of fused-ring (bicyclic) bond motifs is 1. The second kappa shape index (κ2) is 16.3. The van der Waals surface area contributed by atoms with E-state index in [1.165, 1.54) is 17.0 Å². The number of anilines is 1. The van der Waals surface area contributed by atoms with Crippen LogP contribution in [0, 0.1) is 0 Å². The zero-order valence-corrected chi connectivity index (χ0v) is 24.2. The van der Waals surface area contributed by atoms with Gasteiger partial charge >= 0.3 is 6.09 Å². The van der Waals surface area contributed by atoms with Crippen molar-refractivity contribution in [2.45, 2.75) is 57.6 Å². The quantitative estimate of drug-likeness (QED) is 0.0980. The zero-order chi connectivity index (χ0) is 30.4. The van der Waals surface area contributed by atoms with Crippen LogP contribution >= 0.6 is 0 Å². The van der Waals surface area contributed by atoms with Crippen LogP contribution in [-0.2, 0) is 6.54 Å². The maximum absolute atomic E-state index is 11.8. The molecule has 1 amide bonds. The molecule has 0 unspecified atom stereocenters. The van der Waals surface area contributed by atoms with E-state index >= 15 is 0 Å². The van der Waals surface area contributed by atoms with Crippen molar-refractivity contribution in [3.05, 3.63) is 94.5 Å². The number of phenols is 1. The van der Waals surface area contributed by atoms with Crippen molar-refractivity contribution in [3.8, 4) is 11.5 Å². The number of aromatic hydroxyl groups is 1. The molecule has 10 heteroatoms. The minimum absolute atomic E-state index is 0.0174. The Morgan fingerprint density at radius 2 is 1.74 bits per heavy atom. The van der Waals surface area contributed by atoms with Crippen molar-refractivity contribution >= 4 is 22.7 Å². The Hall–Kier alpha value is -4.41. The average Bonchev–Trinajstić information content (AvgIpc) is 3.01. The predicted octanol–water partition coefficient (Wildman–Crippen LogP) is 5.75. The van der Waals surface area contributed by atoms with Gasteiger partial charge in [-0.05, 0) is 61.3 Å². The number of carbonyl (C=O) groups is 1. The lowest BCUT2D eigenvalue weighted by Gasteiger charge is -2.19. The van der Waals surface area contributed by atoms with Gasteiger partial charge in [-0.2, -0.15) is 0 Å². The third-order valence-corrected chi connectivity index (χ3v) is 7.28. The number of aromatic amines is 1. The molecule has 0 fully saturated rings. The molecule has 5 N–H and O–H groups in total. The fourth-order valence-corrected chi connectivity index (χ4v) is 4.99. The van der Waals surface area contributed by atoms with Crippen molar-refractivity contribution in [1.29, 1.82) is 0 Å². The number of H-pyrrole nitrogens is 1. The number of benzene rings is 2. The highest BCUT2D eigenvalue weighted by Crippen LogP contribution is 2.28. The fourth-order valence-electron chi connectivity index (χ4n) is 4.99. The molecule has 0 bridgehead atoms. The highest BCUT2D eigenvalue weighted by atomic mass is 16.5. The third-order valence-electron chi connectivity index (χ3n) is 7.28. The third kappa shape index (κ3) is 9.56. The van der Waals surface area contributed by atoms with Crippen LogP contribution in [0.2, 0.25) is 0 Å². The monoisotopic (exact) mass is 588 g/mol. The summed E-state index contributed by atoms with van der Waals surface area (Å²) in [6, 6.07) is 18.8. The summed E-state index contributed by atoms with van der Waals surface area (Å²) >= 11 is 0. The molecule has 43 heavy (non-hydrogen) atoms. The Kier molecular flexibility index (Phi) is 11.9. The number of aromatic nitrogens is 2. The summed E-state index contributed by atoms with van der Waals surface area (Å²) in [5.41, 5.74) is 1.92. The van der Waals surface area contributed by atoms with Crippen molar-refractivity contribution in [2.24, 2.45) is 0 Å². The van der Waals surface area contributed by atoms with E-state index in [9.17, 15) is 24.9 Å². The van der Waals surface area contributed by atoms with Gasteiger partial charge in [-0.15, -0.1) is 0 Å². The molecule has 10 nitrogen and oxygen atoms in total. The zero-order valence-electron chi connectivity index (χ0n) is 24.2. The number of unbranched alkanes of at least 4 members (excludes halogenated alkanes) is 6. The van der Waals surface area contributed by atoms with Gasteiger partial charge in [0.05, 0.1) is 36.2 Å². The highest BCUT2D eigenvalue weighted by molar-refractivity contribution is 5.87. The van der Waals surface area contributed by atoms with Gasteiger partial charge in [0.25, 0.3) is 0 Å². The van der Waals surface area contributed by atoms with E-state index in [4.69, 9.17) is 4.74 Å². The topological polar surface area (TPSA) is 148 Å². The standard InChI is InChI=1S/C33H40N4O6/c38-29-16-14-27(28-15-17-31(40)36-32(28)29)30(39)22-34-18-7-4-2-1-3-5-9-20-43-26-13-10-12-25(21-26)37(33(41)42)23-24-11-6-8-19-35-24/h6,8,10-17,19,21,30,34,38-39H,1-5,7,9,18,20,22-23H2,(H,36,40)(H,41,42)/t30-/m0/s1. The summed E-state index contributed by atoms with van der Waals surface area (Å²) in [6.07, 6.45) is 7.40. The van der Waals surface area contributed by atoms with E-state index in [0.29, 0.717) is 46.7 Å². The van der Waals surface area contributed by atoms with Gasteiger partial charge in [-0.1, -0.05) is 50.3 Å². The van der Waals surface area contributed by atoms with Gasteiger partial charge in [-0.25, -0.2) is 4.79 Å². The summed E-state index contributed by atoms with van der Waals surface area (Å²) in [7, 11) is 0. The maximum Gasteiger partial charge on any atom is 0.412 e. The largest absolute Gasteiger partial charge is 0.506 e. The molecule has 0 aliphatic carbocycles. The van der Waals surface area contributed by atoms with Crippen LogP contribution in [0.1, 0.15) is 62.3 Å². The van der Waals surface area contributed by atoms with Crippen LogP contribution < -0.4 is 20.5 Å². The molecule has 0 aliphatic heterocycles. The molecular formula is C33H40N4O6. The van der Waals surface area contributed by atoms with Gasteiger partial charge in [-0.3, -0.25) is 14.7 Å². The molecule has 4 aromatic rings. The first-order chi connectivity index (χ1) is 20.9. The molecule has 2 heterocycles. The highest BCUT2D eigenvalue weighted by Gasteiger charge is 2.16. The number of hydrogen-bond acceptors (Lipinski definition) is 7. The summed E-state index contributed by atoms with van der Waals surface area (Å²) in [6.45, 7) is 1.94. The number of rotatable bonds is 17. The van der Waals surface area contributed by atoms with E-state index in [1.54, 1.807) is 48.7 Å². The molecule has 0 aliphatic rings. The van der Waals surface area contributed by atoms with Gasteiger partial charge in [0.1, 0.15) is 11.5 Å². The van der Waals surface area contributed by atoms with Gasteiger partial charge < -0.3 is 30.4 Å². The number of nitrogens with one attached hydrogen (secondary N) is 2. The average molecular weight is 589 g/mol. The molecule has 0 spiro atoms. The molecule has 0 saturated heterocycles. The molecule has 1 atom stereocenters. The number of amides is 1. The Morgan fingerprint density at radius 1 is 0.953 bits per heavy atom. The maximum atomic E-state index is 11.8.